The van der Waals surface area contributed by atoms with Gasteiger partial charge < -0.3 is 4.90 Å². The summed E-state index contributed by atoms with van der Waals surface area (Å²) < 4.78 is 0. The number of rotatable bonds is 1. The van der Waals surface area contributed by atoms with Crippen molar-refractivity contribution in [3.05, 3.63) is 60.4 Å². The van der Waals surface area contributed by atoms with Gasteiger partial charge in [-0.1, -0.05) is 30.3 Å². The van der Waals surface area contributed by atoms with Crippen LogP contribution in [-0.2, 0) is 0 Å². The quantitative estimate of drug-likeness (QED) is 0.741. The summed E-state index contributed by atoms with van der Waals surface area (Å²) in [5, 5.41) is 8.66. The maximum absolute atomic E-state index is 4.54. The topological polar surface area (TPSA) is 40.3 Å². The molecule has 90 valence electrons. The number of nitrogens with zero attached hydrogens (tertiary/aromatic N) is 4. The Hall–Kier alpha value is -2.23. The first kappa shape index (κ1) is 10.9. The maximum Gasteiger partial charge on any atom is 0.176 e. The molecule has 0 aromatic heterocycles. The van der Waals surface area contributed by atoms with Gasteiger partial charge in [0.15, 0.2) is 5.84 Å². The van der Waals surface area contributed by atoms with E-state index in [1.54, 1.807) is 0 Å². The molecule has 3 rings (SSSR count). The molecule has 0 radical (unpaired) electrons. The third-order valence-corrected chi connectivity index (χ3v) is 3.04. The standard InChI is InChI=1S/C14H14N4/c1-18-9-7-14(8-10-18)11-15-13(16-17-14)12-5-3-2-4-6-12/h2-10H,11H2,1H3. The molecule has 4 heteroatoms. The molecular formula is C14H14N4. The SMILES string of the molecule is CN1C=CC2(C=C1)CN=C(c1ccccc1)N=N2. The Labute approximate surface area is 106 Å². The fourth-order valence-corrected chi connectivity index (χ4v) is 1.91. The summed E-state index contributed by atoms with van der Waals surface area (Å²) in [5.41, 5.74) is 0.627. The fraction of sp³-hybridized carbons (Fsp3) is 0.214. The van der Waals surface area contributed by atoms with Gasteiger partial charge in [-0.25, -0.2) is 0 Å². The molecule has 2 aliphatic rings. The summed E-state index contributed by atoms with van der Waals surface area (Å²) in [6.45, 7) is 0.613. The monoisotopic (exact) mass is 238 g/mol. The molecule has 0 bridgehead atoms. The van der Waals surface area contributed by atoms with Crippen molar-refractivity contribution in [3.63, 3.8) is 0 Å². The molecule has 2 heterocycles. The minimum Gasteiger partial charge on any atom is -0.358 e. The van der Waals surface area contributed by atoms with Crippen molar-refractivity contribution in [2.75, 3.05) is 13.6 Å². The maximum atomic E-state index is 4.54. The molecule has 0 N–H and O–H groups in total. The largest absolute Gasteiger partial charge is 0.358 e. The summed E-state index contributed by atoms with van der Waals surface area (Å²) in [4.78, 5) is 6.52. The predicted octanol–water partition coefficient (Wildman–Crippen LogP) is 2.61. The number of hydrogen-bond donors (Lipinski definition) is 0. The molecule has 1 aromatic rings. The minimum atomic E-state index is -0.384. The van der Waals surface area contributed by atoms with Crippen molar-refractivity contribution in [1.82, 2.24) is 4.90 Å². The van der Waals surface area contributed by atoms with E-state index in [2.05, 4.69) is 15.2 Å². The molecule has 0 atom stereocenters. The first-order chi connectivity index (χ1) is 8.77. The van der Waals surface area contributed by atoms with Gasteiger partial charge >= 0.3 is 0 Å². The van der Waals surface area contributed by atoms with E-state index in [0.717, 1.165) is 5.56 Å². The highest BCUT2D eigenvalue weighted by Crippen LogP contribution is 2.24. The lowest BCUT2D eigenvalue weighted by Gasteiger charge is -2.27. The molecule has 18 heavy (non-hydrogen) atoms. The third-order valence-electron chi connectivity index (χ3n) is 3.04. The van der Waals surface area contributed by atoms with Crippen molar-refractivity contribution >= 4 is 5.84 Å². The number of aliphatic imine (C=N–C) groups is 1. The van der Waals surface area contributed by atoms with E-state index in [4.69, 9.17) is 0 Å². The van der Waals surface area contributed by atoms with Crippen LogP contribution in [0.25, 0.3) is 0 Å². The summed E-state index contributed by atoms with van der Waals surface area (Å²) in [5.74, 6) is 0.710. The second-order valence-electron chi connectivity index (χ2n) is 4.49. The first-order valence-electron chi connectivity index (χ1n) is 5.91. The molecule has 4 nitrogen and oxygen atoms in total. The summed E-state index contributed by atoms with van der Waals surface area (Å²) >= 11 is 0. The molecule has 0 fully saturated rings. The summed E-state index contributed by atoms with van der Waals surface area (Å²) in [7, 11) is 1.98. The Bertz CT molecular complexity index is 540. The van der Waals surface area contributed by atoms with E-state index in [1.165, 1.54) is 0 Å². The van der Waals surface area contributed by atoms with Crippen LogP contribution in [0.4, 0.5) is 0 Å². The molecule has 1 aromatic carbocycles. The van der Waals surface area contributed by atoms with Crippen LogP contribution in [0.5, 0.6) is 0 Å². The van der Waals surface area contributed by atoms with Crippen LogP contribution in [0.2, 0.25) is 0 Å². The second kappa shape index (κ2) is 4.22. The first-order valence-corrected chi connectivity index (χ1v) is 5.91. The molecular weight excluding hydrogens is 224 g/mol. The molecule has 1 spiro atoms. The van der Waals surface area contributed by atoms with Gasteiger partial charge in [0, 0.05) is 25.0 Å². The average molecular weight is 238 g/mol. The third kappa shape index (κ3) is 1.97. The minimum absolute atomic E-state index is 0.384. The molecule has 0 saturated heterocycles. The lowest BCUT2D eigenvalue weighted by atomic mass is 9.98. The molecule has 0 aliphatic carbocycles. The van der Waals surface area contributed by atoms with Crippen molar-refractivity contribution in [2.24, 2.45) is 15.2 Å². The Balaban J connectivity index is 1.83. The van der Waals surface area contributed by atoms with Gasteiger partial charge in [0.2, 0.25) is 0 Å². The van der Waals surface area contributed by atoms with Crippen molar-refractivity contribution < 1.29 is 0 Å². The number of hydrogen-bond acceptors (Lipinski definition) is 4. The van der Waals surface area contributed by atoms with Crippen LogP contribution in [-0.4, -0.2) is 29.9 Å². The van der Waals surface area contributed by atoms with Gasteiger partial charge in [0.1, 0.15) is 5.54 Å². The lowest BCUT2D eigenvalue weighted by molar-refractivity contribution is 0.538. The zero-order chi connectivity index (χ0) is 12.4. The highest BCUT2D eigenvalue weighted by atomic mass is 15.2. The van der Waals surface area contributed by atoms with E-state index in [0.29, 0.717) is 12.4 Å². The zero-order valence-corrected chi connectivity index (χ0v) is 10.2. The van der Waals surface area contributed by atoms with Gasteiger partial charge in [0.05, 0.1) is 6.54 Å². The van der Waals surface area contributed by atoms with Gasteiger partial charge in [-0.05, 0) is 12.2 Å². The number of amidine groups is 1. The van der Waals surface area contributed by atoms with E-state index in [1.807, 2.05) is 66.8 Å². The normalized spacial score (nSPS) is 20.3. The lowest BCUT2D eigenvalue weighted by Crippen LogP contribution is -2.31. The Morgan fingerprint density at radius 3 is 2.44 bits per heavy atom. The highest BCUT2D eigenvalue weighted by Gasteiger charge is 2.28. The molecule has 0 unspecified atom stereocenters. The average Bonchev–Trinajstić information content (AvgIpc) is 2.44. The van der Waals surface area contributed by atoms with Gasteiger partial charge in [-0.3, -0.25) is 4.99 Å². The van der Waals surface area contributed by atoms with Crippen LogP contribution in [0, 0.1) is 0 Å². The van der Waals surface area contributed by atoms with Crippen LogP contribution in [0.3, 0.4) is 0 Å². The molecule has 2 aliphatic heterocycles. The van der Waals surface area contributed by atoms with E-state index in [-0.39, 0.29) is 5.54 Å². The van der Waals surface area contributed by atoms with Gasteiger partial charge in [0.25, 0.3) is 0 Å². The Morgan fingerprint density at radius 1 is 1.11 bits per heavy atom. The number of benzene rings is 1. The molecule has 0 amide bonds. The number of azo groups is 1. The van der Waals surface area contributed by atoms with Crippen molar-refractivity contribution in [3.8, 4) is 0 Å². The summed E-state index contributed by atoms with van der Waals surface area (Å²) in [6, 6.07) is 9.93. The van der Waals surface area contributed by atoms with E-state index >= 15 is 0 Å². The van der Waals surface area contributed by atoms with Crippen LogP contribution < -0.4 is 0 Å². The predicted molar refractivity (Wildman–Crippen MR) is 71.5 cm³/mol. The van der Waals surface area contributed by atoms with Gasteiger partial charge in [-0.2, -0.15) is 5.11 Å². The van der Waals surface area contributed by atoms with Crippen LogP contribution in [0.15, 0.2) is 70.1 Å². The van der Waals surface area contributed by atoms with Gasteiger partial charge in [-0.15, -0.1) is 5.11 Å². The van der Waals surface area contributed by atoms with Crippen LogP contribution in [0.1, 0.15) is 5.56 Å². The van der Waals surface area contributed by atoms with E-state index < -0.39 is 0 Å². The zero-order valence-electron chi connectivity index (χ0n) is 10.2. The van der Waals surface area contributed by atoms with Crippen LogP contribution >= 0.6 is 0 Å². The highest BCUT2D eigenvalue weighted by molar-refractivity contribution is 5.99. The second-order valence-corrected chi connectivity index (χ2v) is 4.49. The smallest absolute Gasteiger partial charge is 0.176 e. The Kier molecular flexibility index (Phi) is 2.55. The fourth-order valence-electron chi connectivity index (χ4n) is 1.91. The van der Waals surface area contributed by atoms with E-state index in [9.17, 15) is 0 Å². The summed E-state index contributed by atoms with van der Waals surface area (Å²) in [6.07, 6.45) is 8.04. The Morgan fingerprint density at radius 2 is 1.83 bits per heavy atom. The molecule has 0 saturated carbocycles. The van der Waals surface area contributed by atoms with Crippen molar-refractivity contribution in [1.29, 1.82) is 0 Å². The van der Waals surface area contributed by atoms with Crippen molar-refractivity contribution in [2.45, 2.75) is 5.54 Å².